The topological polar surface area (TPSA) is 68.8 Å². The normalized spacial score (nSPS) is 11.4. The highest BCUT2D eigenvalue weighted by atomic mass is 16.4. The lowest BCUT2D eigenvalue weighted by atomic mass is 10.1. The van der Waals surface area contributed by atoms with Crippen molar-refractivity contribution in [3.63, 3.8) is 0 Å². The minimum Gasteiger partial charge on any atom is -0.418 e. The molecule has 1 N–H and O–H groups in total. The number of nitrogens with zero attached hydrogens (tertiary/aromatic N) is 4. The maximum atomic E-state index is 5.87. The Bertz CT molecular complexity index is 981. The zero-order chi connectivity index (χ0) is 15.3. The van der Waals surface area contributed by atoms with Crippen molar-refractivity contribution in [2.45, 2.75) is 6.92 Å². The molecule has 0 radical (unpaired) electrons. The largest absolute Gasteiger partial charge is 0.418 e. The molecule has 0 aliphatic rings. The molecule has 22 heavy (non-hydrogen) atoms. The summed E-state index contributed by atoms with van der Waals surface area (Å²) in [6.07, 6.45) is 1.76. The summed E-state index contributed by atoms with van der Waals surface area (Å²) in [6.45, 7) is 2.05. The van der Waals surface area contributed by atoms with E-state index >= 15 is 0 Å². The molecule has 0 bridgehead atoms. The van der Waals surface area contributed by atoms with Gasteiger partial charge in [0.15, 0.2) is 11.3 Å². The minimum absolute atomic E-state index is 0.510. The van der Waals surface area contributed by atoms with Crippen molar-refractivity contribution in [1.29, 1.82) is 0 Å². The summed E-state index contributed by atoms with van der Waals surface area (Å²) >= 11 is 0. The Hall–Kier alpha value is -2.89. The summed E-state index contributed by atoms with van der Waals surface area (Å²) in [6, 6.07) is 8.07. The number of pyridine rings is 1. The van der Waals surface area contributed by atoms with Gasteiger partial charge in [-0.05, 0) is 19.1 Å². The molecular formula is C16H15N5O. The molecule has 0 unspecified atom stereocenters. The van der Waals surface area contributed by atoms with E-state index in [1.807, 2.05) is 42.9 Å². The lowest BCUT2D eigenvalue weighted by molar-refractivity contribution is 0.608. The smallest absolute Gasteiger partial charge is 0.251 e. The Morgan fingerprint density at radius 3 is 2.59 bits per heavy atom. The van der Waals surface area contributed by atoms with Gasteiger partial charge in [0.1, 0.15) is 11.0 Å². The number of fused-ring (bicyclic) bond motifs is 3. The summed E-state index contributed by atoms with van der Waals surface area (Å²) in [5, 5.41) is 3.06. The zero-order valence-electron chi connectivity index (χ0n) is 12.6. The van der Waals surface area contributed by atoms with Gasteiger partial charge in [-0.2, -0.15) is 4.98 Å². The first-order valence-electron chi connectivity index (χ1n) is 7.03. The van der Waals surface area contributed by atoms with E-state index in [0.29, 0.717) is 17.4 Å². The lowest BCUT2D eigenvalue weighted by Gasteiger charge is -2.00. The number of aromatic nitrogens is 4. The number of aryl methyl sites for hydroxylation is 2. The molecule has 0 saturated carbocycles. The third kappa shape index (κ3) is 1.77. The van der Waals surface area contributed by atoms with Gasteiger partial charge in [-0.25, -0.2) is 9.97 Å². The molecule has 1 aromatic carbocycles. The first-order valence-corrected chi connectivity index (χ1v) is 7.03. The van der Waals surface area contributed by atoms with Crippen LogP contribution in [0.5, 0.6) is 0 Å². The Kier molecular flexibility index (Phi) is 2.66. The molecule has 0 aliphatic carbocycles. The molecule has 3 heterocycles. The molecule has 3 aromatic heterocycles. The molecule has 0 fully saturated rings. The third-order valence-electron chi connectivity index (χ3n) is 3.74. The first kappa shape index (κ1) is 12.8. The van der Waals surface area contributed by atoms with E-state index < -0.39 is 0 Å². The van der Waals surface area contributed by atoms with Crippen molar-refractivity contribution < 1.29 is 4.42 Å². The highest BCUT2D eigenvalue weighted by Gasteiger charge is 2.18. The Morgan fingerprint density at radius 1 is 1.09 bits per heavy atom. The van der Waals surface area contributed by atoms with E-state index in [1.54, 1.807) is 6.33 Å². The van der Waals surface area contributed by atoms with Crippen LogP contribution in [-0.4, -0.2) is 26.6 Å². The third-order valence-corrected chi connectivity index (χ3v) is 3.74. The highest BCUT2D eigenvalue weighted by molar-refractivity contribution is 6.03. The van der Waals surface area contributed by atoms with Crippen molar-refractivity contribution in [3.05, 3.63) is 36.2 Å². The number of benzene rings is 1. The molecule has 6 nitrogen and oxygen atoms in total. The van der Waals surface area contributed by atoms with Crippen LogP contribution in [0.4, 0.5) is 5.82 Å². The molecule has 0 atom stereocenters. The number of oxazole rings is 1. The van der Waals surface area contributed by atoms with Gasteiger partial charge in [-0.1, -0.05) is 17.7 Å². The van der Waals surface area contributed by atoms with Crippen molar-refractivity contribution in [3.8, 4) is 11.5 Å². The average Bonchev–Trinajstić information content (AvgIpc) is 3.10. The van der Waals surface area contributed by atoms with Gasteiger partial charge in [-0.3, -0.25) is 0 Å². The van der Waals surface area contributed by atoms with Crippen LogP contribution >= 0.6 is 0 Å². The summed E-state index contributed by atoms with van der Waals surface area (Å²) < 4.78 is 7.80. The fraction of sp³-hybridized carbons (Fsp3) is 0.188. The summed E-state index contributed by atoms with van der Waals surface area (Å²) in [5.74, 6) is 1.26. The van der Waals surface area contributed by atoms with Crippen molar-refractivity contribution >= 4 is 28.1 Å². The number of rotatable bonds is 2. The van der Waals surface area contributed by atoms with Crippen LogP contribution in [0.1, 0.15) is 5.56 Å². The standard InChI is InChI=1S/C16H15N5O/c1-9-4-6-10(7-5-9)15-19-12-13-11(18-8-21(13)3)14(17-2)20-16(12)22-15/h4-8H,1-3H3,(H,17,20). The van der Waals surface area contributed by atoms with E-state index in [1.165, 1.54) is 5.56 Å². The molecule has 4 rings (SSSR count). The van der Waals surface area contributed by atoms with Gasteiger partial charge in [-0.15, -0.1) is 0 Å². The van der Waals surface area contributed by atoms with Gasteiger partial charge in [0.05, 0.1) is 6.33 Å². The molecule has 0 amide bonds. The fourth-order valence-corrected chi connectivity index (χ4v) is 2.57. The van der Waals surface area contributed by atoms with E-state index in [0.717, 1.165) is 22.1 Å². The van der Waals surface area contributed by atoms with E-state index in [9.17, 15) is 0 Å². The van der Waals surface area contributed by atoms with E-state index in [-0.39, 0.29) is 0 Å². The Labute approximate surface area is 126 Å². The molecule has 0 aliphatic heterocycles. The number of imidazole rings is 1. The van der Waals surface area contributed by atoms with Gasteiger partial charge in [0.2, 0.25) is 5.89 Å². The van der Waals surface area contributed by atoms with Crippen LogP contribution in [0.3, 0.4) is 0 Å². The van der Waals surface area contributed by atoms with Crippen LogP contribution in [0.25, 0.3) is 33.7 Å². The van der Waals surface area contributed by atoms with Crippen LogP contribution in [0.2, 0.25) is 0 Å². The van der Waals surface area contributed by atoms with E-state index in [4.69, 9.17) is 4.42 Å². The monoisotopic (exact) mass is 293 g/mol. The molecule has 0 spiro atoms. The molecule has 0 saturated heterocycles. The van der Waals surface area contributed by atoms with Gasteiger partial charge in [0, 0.05) is 19.7 Å². The van der Waals surface area contributed by atoms with Gasteiger partial charge >= 0.3 is 0 Å². The number of hydrogen-bond donors (Lipinski definition) is 1. The zero-order valence-corrected chi connectivity index (χ0v) is 12.6. The molecule has 6 heteroatoms. The molecular weight excluding hydrogens is 278 g/mol. The van der Waals surface area contributed by atoms with Gasteiger partial charge < -0.3 is 14.3 Å². The maximum Gasteiger partial charge on any atom is 0.251 e. The maximum absolute atomic E-state index is 5.87. The number of hydrogen-bond acceptors (Lipinski definition) is 5. The Morgan fingerprint density at radius 2 is 1.86 bits per heavy atom. The van der Waals surface area contributed by atoms with Gasteiger partial charge in [0.25, 0.3) is 5.71 Å². The molecule has 110 valence electrons. The predicted molar refractivity (Wildman–Crippen MR) is 85.8 cm³/mol. The highest BCUT2D eigenvalue weighted by Crippen LogP contribution is 2.31. The van der Waals surface area contributed by atoms with Crippen molar-refractivity contribution in [2.24, 2.45) is 7.05 Å². The summed E-state index contributed by atoms with van der Waals surface area (Å²) in [7, 11) is 3.76. The average molecular weight is 293 g/mol. The second-order valence-corrected chi connectivity index (χ2v) is 5.30. The van der Waals surface area contributed by atoms with Crippen LogP contribution in [-0.2, 0) is 7.05 Å². The fourth-order valence-electron chi connectivity index (χ4n) is 2.57. The summed E-state index contributed by atoms with van der Waals surface area (Å²) in [4.78, 5) is 13.5. The quantitative estimate of drug-likeness (QED) is 0.615. The van der Waals surface area contributed by atoms with Crippen LogP contribution in [0, 0.1) is 6.92 Å². The summed E-state index contributed by atoms with van der Waals surface area (Å²) in [5.41, 5.74) is 5.08. The number of nitrogens with one attached hydrogen (secondary N) is 1. The van der Waals surface area contributed by atoms with E-state index in [2.05, 4.69) is 27.2 Å². The number of anilines is 1. The van der Waals surface area contributed by atoms with Crippen molar-refractivity contribution in [2.75, 3.05) is 12.4 Å². The Balaban J connectivity index is 2.02. The van der Waals surface area contributed by atoms with Crippen LogP contribution in [0.15, 0.2) is 35.0 Å². The predicted octanol–water partition coefficient (Wildman–Crippen LogP) is 3.13. The second-order valence-electron chi connectivity index (χ2n) is 5.30. The lowest BCUT2D eigenvalue weighted by Crippen LogP contribution is -1.95. The van der Waals surface area contributed by atoms with Crippen molar-refractivity contribution in [1.82, 2.24) is 19.5 Å². The van der Waals surface area contributed by atoms with Crippen LogP contribution < -0.4 is 5.32 Å². The minimum atomic E-state index is 0.510. The SMILES string of the molecule is CNc1nc2oc(-c3ccc(C)cc3)nc2c2c1ncn2C. The second kappa shape index (κ2) is 4.56. The first-order chi connectivity index (χ1) is 10.7. The molecule has 4 aromatic rings.